The Hall–Kier alpha value is -2.31. The van der Waals surface area contributed by atoms with E-state index in [0.717, 1.165) is 6.07 Å². The van der Waals surface area contributed by atoms with Crippen LogP contribution in [0.3, 0.4) is 0 Å². The molecule has 1 aliphatic rings. The second kappa shape index (κ2) is 8.37. The first-order valence-electron chi connectivity index (χ1n) is 7.48. The Bertz CT molecular complexity index is 1090. The Kier molecular flexibility index (Phi) is 6.57. The Morgan fingerprint density at radius 1 is 1.25 bits per heavy atom. The average molecular weight is 401 g/mol. The number of hydrogen-bond acceptors (Lipinski definition) is 2. The number of fused-ring (bicyclic) bond motifs is 1. The van der Waals surface area contributed by atoms with Crippen molar-refractivity contribution in [3.8, 4) is 0 Å². The van der Waals surface area contributed by atoms with E-state index in [1.807, 2.05) is 0 Å². The van der Waals surface area contributed by atoms with Crippen LogP contribution in [0.1, 0.15) is 17.2 Å². The third kappa shape index (κ3) is 3.54. The molecule has 1 aromatic carbocycles. The molecule has 0 radical (unpaired) electrons. The van der Waals surface area contributed by atoms with Crippen molar-refractivity contribution in [1.29, 1.82) is 0 Å². The fraction of sp³-hybridized carbons (Fsp3) is 0.235. The minimum absolute atomic E-state index is 0. The molecule has 0 spiro atoms. The molecule has 0 saturated heterocycles. The second-order valence-corrected chi connectivity index (χ2v) is 5.68. The summed E-state index contributed by atoms with van der Waals surface area (Å²) in [7, 11) is 0. The van der Waals surface area contributed by atoms with Crippen LogP contribution in [-0.4, -0.2) is 34.6 Å². The number of H-pyrrole nitrogens is 1. The van der Waals surface area contributed by atoms with Crippen molar-refractivity contribution in [3.63, 3.8) is 0 Å². The minimum Gasteiger partial charge on any atom is -0.763 e. The number of nitrogens with one attached hydrogen (secondary N) is 1. The van der Waals surface area contributed by atoms with Crippen molar-refractivity contribution < 1.29 is 51.5 Å². The quantitative estimate of drug-likeness (QED) is 0.359. The Morgan fingerprint density at radius 3 is 2.46 bits per heavy atom. The molecule has 11 heteroatoms. The van der Waals surface area contributed by atoms with Crippen LogP contribution in [-0.2, 0) is 0 Å². The van der Waals surface area contributed by atoms with E-state index in [2.05, 4.69) is 20.0 Å². The number of nitrogens with zero attached hydrogens (tertiary/aromatic N) is 4. The minimum atomic E-state index is -3.34. The fourth-order valence-corrected chi connectivity index (χ4v) is 2.95. The molecule has 1 N–H and O–H groups in total. The number of benzene rings is 1. The zero-order valence-electron chi connectivity index (χ0n) is 14.6. The number of aromatic amines is 1. The van der Waals surface area contributed by atoms with Gasteiger partial charge in [0.2, 0.25) is 5.70 Å². The van der Waals surface area contributed by atoms with E-state index in [4.69, 9.17) is 6.57 Å². The molecule has 28 heavy (non-hydrogen) atoms. The average Bonchev–Trinajstić information content (AvgIpc) is 2.98. The molecule has 1 aromatic heterocycles. The summed E-state index contributed by atoms with van der Waals surface area (Å²) in [5, 5.41) is 16.2. The molecule has 5 nitrogen and oxygen atoms in total. The third-order valence-corrected chi connectivity index (χ3v) is 4.17. The van der Waals surface area contributed by atoms with E-state index >= 15 is 0 Å². The van der Waals surface area contributed by atoms with Crippen LogP contribution < -0.4 is 29.6 Å². The van der Waals surface area contributed by atoms with Crippen molar-refractivity contribution in [2.24, 2.45) is 4.99 Å². The van der Waals surface area contributed by atoms with Gasteiger partial charge in [-0.25, -0.2) is 26.8 Å². The number of hydrogen-bond donors (Lipinski definition) is 1. The molecular weight excluding hydrogens is 392 g/mol. The first-order valence-corrected chi connectivity index (χ1v) is 7.48. The van der Waals surface area contributed by atoms with Crippen LogP contribution in [0.25, 0.3) is 21.2 Å². The van der Waals surface area contributed by atoms with Gasteiger partial charge >= 0.3 is 29.6 Å². The number of alkyl halides is 4. The number of aliphatic imine (C=N–C) groups is 1. The summed E-state index contributed by atoms with van der Waals surface area (Å²) in [4.78, 5) is 6.11. The van der Waals surface area contributed by atoms with Crippen LogP contribution in [0.15, 0.2) is 34.1 Å². The fourth-order valence-electron chi connectivity index (χ4n) is 2.95. The van der Waals surface area contributed by atoms with Crippen LogP contribution in [0, 0.1) is 19.3 Å². The van der Waals surface area contributed by atoms with Gasteiger partial charge in [-0.2, -0.15) is 5.10 Å². The molecule has 1 unspecified atom stereocenters. The summed E-state index contributed by atoms with van der Waals surface area (Å²) in [6, 6.07) is 2.20. The van der Waals surface area contributed by atoms with Gasteiger partial charge in [-0.05, 0) is 24.1 Å². The molecule has 2 aromatic rings. The van der Waals surface area contributed by atoms with Gasteiger partial charge in [0.15, 0.2) is 0 Å². The monoisotopic (exact) mass is 401 g/mol. The Balaban J connectivity index is 0.00000280. The van der Waals surface area contributed by atoms with E-state index < -0.39 is 47.3 Å². The first-order chi connectivity index (χ1) is 12.8. The SMILES string of the molecule is [C-]#[N+]C1=C(C(F)F)N=C(C(F)F)C(=C=[N-])C1c1cc2c(C)[nH]nc2cc1F.[Na+]. The maximum absolute atomic E-state index is 14.7. The van der Waals surface area contributed by atoms with Crippen LogP contribution >= 0.6 is 0 Å². The van der Waals surface area contributed by atoms with Gasteiger partial charge in [0, 0.05) is 17.1 Å². The molecule has 1 atom stereocenters. The molecule has 0 saturated carbocycles. The van der Waals surface area contributed by atoms with Crippen molar-refractivity contribution >= 4 is 22.5 Å². The van der Waals surface area contributed by atoms with Crippen molar-refractivity contribution in [3.05, 3.63) is 63.0 Å². The Labute approximate surface area is 177 Å². The molecule has 0 bridgehead atoms. The number of aromatic nitrogens is 2. The van der Waals surface area contributed by atoms with Crippen LogP contribution in [0.5, 0.6) is 0 Å². The van der Waals surface area contributed by atoms with E-state index in [0.29, 0.717) is 11.1 Å². The zero-order chi connectivity index (χ0) is 19.9. The largest absolute Gasteiger partial charge is 1.00 e. The predicted octanol–water partition coefficient (Wildman–Crippen LogP) is 1.38. The van der Waals surface area contributed by atoms with Crippen LogP contribution in [0.2, 0.25) is 0 Å². The number of halogens is 5. The molecule has 1 aliphatic heterocycles. The van der Waals surface area contributed by atoms with Gasteiger partial charge in [-0.3, -0.25) is 16.0 Å². The van der Waals surface area contributed by atoms with Gasteiger partial charge in [0.1, 0.15) is 17.2 Å². The third-order valence-electron chi connectivity index (χ3n) is 4.17. The molecule has 2 heterocycles. The summed E-state index contributed by atoms with van der Waals surface area (Å²) in [5.74, 6) is -1.19. The van der Waals surface area contributed by atoms with Gasteiger partial charge in [0.05, 0.1) is 18.0 Å². The molecule has 0 fully saturated rings. The Morgan fingerprint density at radius 2 is 1.93 bits per heavy atom. The second-order valence-electron chi connectivity index (χ2n) is 5.68. The summed E-state index contributed by atoms with van der Waals surface area (Å²) < 4.78 is 68.0. The van der Waals surface area contributed by atoms with E-state index in [-0.39, 0.29) is 40.6 Å². The van der Waals surface area contributed by atoms with E-state index in [1.54, 1.807) is 6.92 Å². The van der Waals surface area contributed by atoms with Gasteiger partial charge in [-0.15, -0.1) is 0 Å². The molecule has 0 amide bonds. The normalized spacial score (nSPS) is 16.9. The zero-order valence-corrected chi connectivity index (χ0v) is 16.6. The summed E-state index contributed by atoms with van der Waals surface area (Å²) in [6.45, 7) is 8.82. The summed E-state index contributed by atoms with van der Waals surface area (Å²) in [6.07, 6.45) is -6.68. The van der Waals surface area contributed by atoms with Crippen molar-refractivity contribution in [2.75, 3.05) is 0 Å². The smallest absolute Gasteiger partial charge is 0.763 e. The number of aryl methyl sites for hydroxylation is 1. The van der Waals surface area contributed by atoms with Crippen molar-refractivity contribution in [1.82, 2.24) is 10.2 Å². The molecule has 3 rings (SSSR count). The maximum Gasteiger partial charge on any atom is 1.00 e. The van der Waals surface area contributed by atoms with Gasteiger partial charge in [0.25, 0.3) is 12.9 Å². The van der Waals surface area contributed by atoms with Crippen molar-refractivity contribution in [2.45, 2.75) is 25.7 Å². The summed E-state index contributed by atoms with van der Waals surface area (Å²) >= 11 is 0. The van der Waals surface area contributed by atoms with Gasteiger partial charge < -0.3 is 5.41 Å². The predicted molar refractivity (Wildman–Crippen MR) is 88.5 cm³/mol. The van der Waals surface area contributed by atoms with Crippen LogP contribution in [0.4, 0.5) is 22.0 Å². The number of allylic oxidation sites excluding steroid dienone is 2. The molecular formula is C17H9F5N5Na. The van der Waals surface area contributed by atoms with E-state index in [1.165, 1.54) is 11.9 Å². The molecule has 138 valence electrons. The number of rotatable bonds is 3. The maximum atomic E-state index is 14.7. The topological polar surface area (TPSA) is 67.7 Å². The molecule has 0 aliphatic carbocycles. The standard InChI is InChI=1S/C17H9F5N5.Na/c1-6-7-3-8(10(18)4-11(7)27-26-6)12-9(5-23)13(16(19)20)25-15(17(21)22)14(12)24-2;/h3-4,12,16-17H,1H3,(H,26,27);/q-1;+1. The first kappa shape index (κ1) is 22.0. The summed E-state index contributed by atoms with van der Waals surface area (Å²) in [5.41, 5.74) is -3.47. The van der Waals surface area contributed by atoms with E-state index in [9.17, 15) is 27.4 Å². The van der Waals surface area contributed by atoms with Gasteiger partial charge in [-0.1, -0.05) is 0 Å².